The number of carbonyl (C=O) groups is 3. The van der Waals surface area contributed by atoms with Crippen molar-refractivity contribution in [2.45, 2.75) is 33.3 Å². The number of imide groups is 1. The summed E-state index contributed by atoms with van der Waals surface area (Å²) in [6.07, 6.45) is -0.964. The molecule has 1 aliphatic rings. The molecule has 0 atom stereocenters. The van der Waals surface area contributed by atoms with E-state index in [2.05, 4.69) is 11.7 Å². The molecule has 2 amide bonds. The number of rotatable bonds is 4. The first-order valence-electron chi connectivity index (χ1n) is 10.3. The van der Waals surface area contributed by atoms with Gasteiger partial charge in [0.05, 0.1) is 23.3 Å². The number of nitrogens with zero attached hydrogens (tertiary/aromatic N) is 3. The van der Waals surface area contributed by atoms with Gasteiger partial charge in [-0.15, -0.1) is 5.10 Å². The third-order valence-electron chi connectivity index (χ3n) is 4.95. The van der Waals surface area contributed by atoms with Crippen molar-refractivity contribution in [1.82, 2.24) is 9.78 Å². The van der Waals surface area contributed by atoms with Crippen LogP contribution >= 0.6 is 0 Å². The molecule has 0 saturated carbocycles. The summed E-state index contributed by atoms with van der Waals surface area (Å²) >= 11 is 0. The average Bonchev–Trinajstić information content (AvgIpc) is 3.24. The summed E-state index contributed by atoms with van der Waals surface area (Å²) in [4.78, 5) is 39.8. The van der Waals surface area contributed by atoms with Crippen molar-refractivity contribution in [3.05, 3.63) is 65.5 Å². The summed E-state index contributed by atoms with van der Waals surface area (Å²) in [7, 11) is 0. The van der Waals surface area contributed by atoms with Crippen LogP contribution in [0.2, 0.25) is 0 Å². The topological polar surface area (TPSA) is 90.7 Å². The number of fused-ring (bicyclic) bond motifs is 2. The van der Waals surface area contributed by atoms with Gasteiger partial charge in [0, 0.05) is 5.39 Å². The highest BCUT2D eigenvalue weighted by Crippen LogP contribution is 2.36. The summed E-state index contributed by atoms with van der Waals surface area (Å²) in [5.41, 5.74) is -0.737. The maximum Gasteiger partial charge on any atom is 0.435 e. The summed E-state index contributed by atoms with van der Waals surface area (Å²) < 4.78 is 27.1. The molecule has 0 radical (unpaired) electrons. The van der Waals surface area contributed by atoms with E-state index in [1.54, 1.807) is 39.8 Å². The predicted octanol–water partition coefficient (Wildman–Crippen LogP) is 4.77. The molecule has 1 aliphatic heterocycles. The molecule has 2 aromatic carbocycles. The Bertz CT molecular complexity index is 1300. The van der Waals surface area contributed by atoms with Crippen LogP contribution in [0, 0.1) is 5.82 Å². The first-order valence-corrected chi connectivity index (χ1v) is 10.3. The molecule has 0 bridgehead atoms. The Morgan fingerprint density at radius 3 is 2.24 bits per heavy atom. The molecule has 0 N–H and O–H groups in total. The van der Waals surface area contributed by atoms with E-state index in [0.29, 0.717) is 0 Å². The van der Waals surface area contributed by atoms with Crippen LogP contribution in [0.3, 0.4) is 0 Å². The maximum absolute atomic E-state index is 15.7. The SMILES string of the molecule is C=C(OCC)c1ccc2c(N3C(=O)c4ccccc4C3=O)nn(C(=O)OC(C)(C)C)c2c1F. The number of hydrogen-bond acceptors (Lipinski definition) is 6. The van der Waals surface area contributed by atoms with Crippen LogP contribution in [0.5, 0.6) is 0 Å². The van der Waals surface area contributed by atoms with Gasteiger partial charge in [0.15, 0.2) is 11.6 Å². The number of halogens is 1. The van der Waals surface area contributed by atoms with Gasteiger partial charge in [-0.25, -0.2) is 14.1 Å². The average molecular weight is 451 g/mol. The van der Waals surface area contributed by atoms with Crippen LogP contribution in [-0.2, 0) is 9.47 Å². The van der Waals surface area contributed by atoms with Gasteiger partial charge in [-0.1, -0.05) is 18.7 Å². The molecular weight excluding hydrogens is 429 g/mol. The number of benzene rings is 2. The van der Waals surface area contributed by atoms with E-state index in [0.717, 1.165) is 9.58 Å². The number of ether oxygens (including phenoxy) is 2. The monoisotopic (exact) mass is 451 g/mol. The molecule has 0 fully saturated rings. The second-order valence-electron chi connectivity index (χ2n) is 8.39. The van der Waals surface area contributed by atoms with Gasteiger partial charge in [-0.2, -0.15) is 4.68 Å². The molecule has 2 heterocycles. The van der Waals surface area contributed by atoms with E-state index in [4.69, 9.17) is 9.47 Å². The van der Waals surface area contributed by atoms with E-state index in [1.165, 1.54) is 24.3 Å². The molecule has 1 aromatic heterocycles. The highest BCUT2D eigenvalue weighted by molar-refractivity contribution is 6.35. The number of carbonyl (C=O) groups excluding carboxylic acids is 3. The van der Waals surface area contributed by atoms with Gasteiger partial charge >= 0.3 is 6.09 Å². The second kappa shape index (κ2) is 7.84. The van der Waals surface area contributed by atoms with Crippen molar-refractivity contribution < 1.29 is 28.2 Å². The molecule has 0 aliphatic carbocycles. The Kier molecular flexibility index (Phi) is 5.27. The summed E-state index contributed by atoms with van der Waals surface area (Å²) in [5.74, 6) is -2.18. The smallest absolute Gasteiger partial charge is 0.435 e. The third kappa shape index (κ3) is 3.65. The Morgan fingerprint density at radius 1 is 1.09 bits per heavy atom. The minimum absolute atomic E-state index is 0.0166. The van der Waals surface area contributed by atoms with E-state index in [1.807, 2.05) is 0 Å². The van der Waals surface area contributed by atoms with Crippen molar-refractivity contribution in [3.8, 4) is 0 Å². The van der Waals surface area contributed by atoms with Crippen LogP contribution < -0.4 is 4.90 Å². The summed E-state index contributed by atoms with van der Waals surface area (Å²) in [6.45, 7) is 10.7. The van der Waals surface area contributed by atoms with E-state index in [9.17, 15) is 14.4 Å². The number of anilines is 1. The fourth-order valence-corrected chi connectivity index (χ4v) is 3.60. The second-order valence-corrected chi connectivity index (χ2v) is 8.39. The van der Waals surface area contributed by atoms with Gasteiger partial charge in [0.25, 0.3) is 11.8 Å². The lowest BCUT2D eigenvalue weighted by molar-refractivity contribution is 0.0520. The molecule has 8 nitrogen and oxygen atoms in total. The fraction of sp³-hybridized carbons (Fsp3) is 0.250. The molecule has 0 unspecified atom stereocenters. The standard InChI is InChI=1S/C24H22FN3O5/c1-6-32-13(2)14-11-12-17-19(18(14)25)28(23(31)33-24(3,4)5)26-20(17)27-21(29)15-9-7-8-10-16(15)22(27)30/h7-12H,2,6H2,1,3-5H3. The van der Waals surface area contributed by atoms with Crippen molar-refractivity contribution in [2.24, 2.45) is 0 Å². The van der Waals surface area contributed by atoms with Crippen LogP contribution in [0.15, 0.2) is 43.0 Å². The highest BCUT2D eigenvalue weighted by atomic mass is 19.1. The first kappa shape index (κ1) is 22.2. The number of hydrogen-bond donors (Lipinski definition) is 0. The molecular formula is C24H22FN3O5. The third-order valence-corrected chi connectivity index (χ3v) is 4.95. The fourth-order valence-electron chi connectivity index (χ4n) is 3.60. The Balaban J connectivity index is 1.94. The molecule has 33 heavy (non-hydrogen) atoms. The maximum atomic E-state index is 15.7. The van der Waals surface area contributed by atoms with Crippen LogP contribution in [-0.4, -0.2) is 39.9 Å². The van der Waals surface area contributed by atoms with Gasteiger partial charge in [0.2, 0.25) is 0 Å². The Labute approximate surface area is 189 Å². The zero-order chi connectivity index (χ0) is 24.1. The van der Waals surface area contributed by atoms with E-state index >= 15 is 4.39 Å². The summed E-state index contributed by atoms with van der Waals surface area (Å²) in [6, 6.07) is 9.18. The van der Waals surface area contributed by atoms with Gasteiger partial charge in [0.1, 0.15) is 16.9 Å². The largest absolute Gasteiger partial charge is 0.494 e. The molecule has 0 saturated heterocycles. The summed E-state index contributed by atoms with van der Waals surface area (Å²) in [5, 5.41) is 4.25. The van der Waals surface area contributed by atoms with E-state index < -0.39 is 29.3 Å². The zero-order valence-corrected chi connectivity index (χ0v) is 18.6. The molecule has 3 aromatic rings. The predicted molar refractivity (Wildman–Crippen MR) is 120 cm³/mol. The molecule has 4 rings (SSSR count). The van der Waals surface area contributed by atoms with Crippen molar-refractivity contribution in [3.63, 3.8) is 0 Å². The van der Waals surface area contributed by atoms with Gasteiger partial charge in [-0.3, -0.25) is 9.59 Å². The number of aromatic nitrogens is 2. The minimum atomic E-state index is -0.964. The number of amides is 2. The van der Waals surface area contributed by atoms with Crippen molar-refractivity contribution in [2.75, 3.05) is 11.5 Å². The Morgan fingerprint density at radius 2 is 1.70 bits per heavy atom. The van der Waals surface area contributed by atoms with Crippen LogP contribution in [0.4, 0.5) is 15.0 Å². The molecule has 9 heteroatoms. The van der Waals surface area contributed by atoms with E-state index in [-0.39, 0.29) is 45.8 Å². The van der Waals surface area contributed by atoms with Crippen molar-refractivity contribution in [1.29, 1.82) is 0 Å². The Hall–Kier alpha value is -4.01. The first-order chi connectivity index (χ1) is 15.5. The quantitative estimate of drug-likeness (QED) is 0.419. The van der Waals surface area contributed by atoms with Gasteiger partial charge in [-0.05, 0) is 52.0 Å². The lowest BCUT2D eigenvalue weighted by atomic mass is 10.1. The van der Waals surface area contributed by atoms with Crippen molar-refractivity contribution >= 4 is 40.4 Å². The zero-order valence-electron chi connectivity index (χ0n) is 18.6. The normalized spacial score (nSPS) is 13.4. The minimum Gasteiger partial charge on any atom is -0.494 e. The lowest BCUT2D eigenvalue weighted by Crippen LogP contribution is -2.31. The lowest BCUT2D eigenvalue weighted by Gasteiger charge is -2.19. The van der Waals surface area contributed by atoms with Crippen LogP contribution in [0.25, 0.3) is 16.7 Å². The molecule has 0 spiro atoms. The molecule has 170 valence electrons. The van der Waals surface area contributed by atoms with Crippen LogP contribution in [0.1, 0.15) is 54.0 Å². The highest BCUT2D eigenvalue weighted by Gasteiger charge is 2.40. The van der Waals surface area contributed by atoms with Gasteiger partial charge < -0.3 is 9.47 Å².